The van der Waals surface area contributed by atoms with Gasteiger partial charge >= 0.3 is 0 Å². The summed E-state index contributed by atoms with van der Waals surface area (Å²) in [5.41, 5.74) is 2.34. The summed E-state index contributed by atoms with van der Waals surface area (Å²) in [7, 11) is 0. The van der Waals surface area contributed by atoms with Gasteiger partial charge in [0.2, 0.25) is 5.91 Å². The smallest absolute Gasteiger partial charge is 0.251 e. The van der Waals surface area contributed by atoms with Crippen molar-refractivity contribution < 1.29 is 9.59 Å². The Balaban J connectivity index is 1.82. The van der Waals surface area contributed by atoms with Crippen LogP contribution in [0.5, 0.6) is 0 Å². The van der Waals surface area contributed by atoms with Crippen molar-refractivity contribution in [3.8, 4) is 0 Å². The molecule has 1 unspecified atom stereocenters. The second kappa shape index (κ2) is 6.32. The van der Waals surface area contributed by atoms with E-state index in [1.54, 1.807) is 23.5 Å². The van der Waals surface area contributed by atoms with Crippen molar-refractivity contribution in [1.82, 2.24) is 5.32 Å². The van der Waals surface area contributed by atoms with E-state index in [-0.39, 0.29) is 23.1 Å². The van der Waals surface area contributed by atoms with Crippen molar-refractivity contribution in [3.63, 3.8) is 0 Å². The Kier molecular flexibility index (Phi) is 4.37. The van der Waals surface area contributed by atoms with Crippen LogP contribution in [-0.2, 0) is 16.0 Å². The van der Waals surface area contributed by atoms with Gasteiger partial charge in [-0.05, 0) is 34.6 Å². The molecule has 0 fully saturated rings. The normalized spacial score (nSPS) is 21.9. The van der Waals surface area contributed by atoms with E-state index in [1.807, 2.05) is 29.7 Å². The van der Waals surface area contributed by atoms with Gasteiger partial charge in [-0.2, -0.15) is 0 Å². The molecule has 124 valence electrons. The Morgan fingerprint density at radius 2 is 2.12 bits per heavy atom. The minimum Gasteiger partial charge on any atom is -0.325 e. The van der Waals surface area contributed by atoms with Crippen molar-refractivity contribution in [1.29, 1.82) is 0 Å². The van der Waals surface area contributed by atoms with Gasteiger partial charge in [0, 0.05) is 22.6 Å². The quantitative estimate of drug-likeness (QED) is 0.897. The number of amides is 2. The topological polar surface area (TPSA) is 58.5 Å². The van der Waals surface area contributed by atoms with Crippen LogP contribution in [0.25, 0.3) is 0 Å². The number of carbonyl (C=O) groups is 2. The zero-order valence-electron chi connectivity index (χ0n) is 14.0. The zero-order valence-corrected chi connectivity index (χ0v) is 14.8. The van der Waals surface area contributed by atoms with E-state index in [0.717, 1.165) is 16.1 Å². The summed E-state index contributed by atoms with van der Waals surface area (Å²) >= 11 is 1.55. The number of aliphatic imine (C=N–C) groups is 1. The summed E-state index contributed by atoms with van der Waals surface area (Å²) < 4.78 is 0. The van der Waals surface area contributed by atoms with E-state index in [0.29, 0.717) is 12.1 Å². The van der Waals surface area contributed by atoms with Gasteiger partial charge in [0.1, 0.15) is 0 Å². The molecule has 0 radical (unpaired) electrons. The maximum Gasteiger partial charge on any atom is 0.251 e. The third-order valence-corrected chi connectivity index (χ3v) is 4.89. The second-order valence-electron chi connectivity index (χ2n) is 6.96. The summed E-state index contributed by atoms with van der Waals surface area (Å²) in [6.45, 7) is 6.28. The Morgan fingerprint density at radius 1 is 1.33 bits per heavy atom. The summed E-state index contributed by atoms with van der Waals surface area (Å²) in [4.78, 5) is 29.2. The van der Waals surface area contributed by atoms with Crippen LogP contribution in [0.15, 0.2) is 58.1 Å². The minimum absolute atomic E-state index is 0.0362. The van der Waals surface area contributed by atoms with Gasteiger partial charge in [-0.25, -0.2) is 4.99 Å². The predicted octanol–water partition coefficient (Wildman–Crippen LogP) is 3.43. The van der Waals surface area contributed by atoms with Crippen molar-refractivity contribution >= 4 is 28.9 Å². The standard InChI is InChI=1S/C19H20N2O2S/c1-19(2,3)15-11-18(23)21-16-9-12(6-7-14(15)16)20-17(22)10-13-5-4-8-24-13/h4-9,11,14H,10H2,1-3H3,(H,21,23). The summed E-state index contributed by atoms with van der Waals surface area (Å²) in [5, 5.41) is 4.82. The lowest BCUT2D eigenvalue weighted by Gasteiger charge is -2.34. The Hall–Kier alpha value is -2.27. The molecule has 0 saturated heterocycles. The van der Waals surface area contributed by atoms with Crippen molar-refractivity contribution in [3.05, 3.63) is 58.0 Å². The first-order valence-corrected chi connectivity index (χ1v) is 8.77. The largest absolute Gasteiger partial charge is 0.325 e. The molecule has 2 amide bonds. The average molecular weight is 340 g/mol. The maximum absolute atomic E-state index is 12.1. The number of allylic oxidation sites excluding steroid dienone is 3. The van der Waals surface area contributed by atoms with Crippen LogP contribution >= 0.6 is 11.3 Å². The van der Waals surface area contributed by atoms with Gasteiger partial charge in [0.25, 0.3) is 5.91 Å². The number of hydrogen-bond acceptors (Lipinski definition) is 3. The van der Waals surface area contributed by atoms with Gasteiger partial charge in [-0.15, -0.1) is 11.3 Å². The highest BCUT2D eigenvalue weighted by Crippen LogP contribution is 2.38. The molecule has 0 saturated carbocycles. The van der Waals surface area contributed by atoms with Crippen LogP contribution in [0.4, 0.5) is 0 Å². The van der Waals surface area contributed by atoms with Crippen molar-refractivity contribution in [2.75, 3.05) is 0 Å². The van der Waals surface area contributed by atoms with E-state index in [1.165, 1.54) is 0 Å². The van der Waals surface area contributed by atoms with Crippen LogP contribution < -0.4 is 5.32 Å². The molecule has 4 nitrogen and oxygen atoms in total. The number of carbonyl (C=O) groups excluding carboxylic acids is 2. The molecule has 0 spiro atoms. The van der Waals surface area contributed by atoms with Crippen LogP contribution in [0.2, 0.25) is 0 Å². The highest BCUT2D eigenvalue weighted by Gasteiger charge is 2.32. The van der Waals surface area contributed by atoms with Crippen molar-refractivity contribution in [2.24, 2.45) is 16.3 Å². The molecular weight excluding hydrogens is 320 g/mol. The molecule has 1 atom stereocenters. The van der Waals surface area contributed by atoms with Gasteiger partial charge < -0.3 is 5.32 Å². The lowest BCUT2D eigenvalue weighted by Crippen LogP contribution is -2.36. The lowest BCUT2D eigenvalue weighted by molar-refractivity contribution is -0.117. The Labute approximate surface area is 145 Å². The molecule has 1 aromatic heterocycles. The molecule has 5 heteroatoms. The molecule has 3 rings (SSSR count). The van der Waals surface area contributed by atoms with E-state index in [9.17, 15) is 9.59 Å². The molecule has 1 aromatic rings. The molecule has 0 bridgehead atoms. The SMILES string of the molecule is CC(C)(C)C1=CC(=O)NC2=CC(=NC(=O)Cc3cccs3)C=CC21. The van der Waals surface area contributed by atoms with Crippen molar-refractivity contribution in [2.45, 2.75) is 27.2 Å². The molecule has 2 aliphatic rings. The fourth-order valence-electron chi connectivity index (χ4n) is 2.89. The molecule has 1 aliphatic heterocycles. The number of thiophene rings is 1. The summed E-state index contributed by atoms with van der Waals surface area (Å²) in [6.07, 6.45) is 7.64. The highest BCUT2D eigenvalue weighted by atomic mass is 32.1. The van der Waals surface area contributed by atoms with Crippen LogP contribution in [0, 0.1) is 11.3 Å². The first kappa shape index (κ1) is 16.6. The molecule has 24 heavy (non-hydrogen) atoms. The monoisotopic (exact) mass is 340 g/mol. The summed E-state index contributed by atoms with van der Waals surface area (Å²) in [5.74, 6) is -0.267. The number of nitrogens with zero attached hydrogens (tertiary/aromatic N) is 1. The third kappa shape index (κ3) is 3.62. The van der Waals surface area contributed by atoms with Gasteiger partial charge in [-0.1, -0.05) is 32.9 Å². The highest BCUT2D eigenvalue weighted by molar-refractivity contribution is 7.10. The minimum atomic E-state index is -0.180. The van der Waals surface area contributed by atoms with Gasteiger partial charge in [0.05, 0.1) is 12.1 Å². The van der Waals surface area contributed by atoms with E-state index < -0.39 is 0 Å². The van der Waals surface area contributed by atoms with Gasteiger partial charge in [0.15, 0.2) is 0 Å². The fraction of sp³-hybridized carbons (Fsp3) is 0.316. The molecule has 2 heterocycles. The van der Waals surface area contributed by atoms with Crippen LogP contribution in [-0.4, -0.2) is 17.5 Å². The number of fused-ring (bicyclic) bond motifs is 1. The Bertz CT molecular complexity index is 790. The first-order valence-electron chi connectivity index (χ1n) is 7.90. The molecule has 1 aliphatic carbocycles. The van der Waals surface area contributed by atoms with E-state index in [4.69, 9.17) is 0 Å². The zero-order chi connectivity index (χ0) is 17.3. The third-order valence-electron chi connectivity index (χ3n) is 4.01. The van der Waals surface area contributed by atoms with Crippen LogP contribution in [0.3, 0.4) is 0 Å². The average Bonchev–Trinajstić information content (AvgIpc) is 2.97. The number of hydrogen-bond donors (Lipinski definition) is 1. The molecular formula is C19H20N2O2S. The first-order chi connectivity index (χ1) is 11.3. The van der Waals surface area contributed by atoms with Crippen LogP contribution in [0.1, 0.15) is 25.6 Å². The van der Waals surface area contributed by atoms with Gasteiger partial charge in [-0.3, -0.25) is 9.59 Å². The number of nitrogens with one attached hydrogen (secondary N) is 1. The Morgan fingerprint density at radius 3 is 2.79 bits per heavy atom. The van der Waals surface area contributed by atoms with E-state index >= 15 is 0 Å². The maximum atomic E-state index is 12.1. The summed E-state index contributed by atoms with van der Waals surface area (Å²) in [6, 6.07) is 3.85. The predicted molar refractivity (Wildman–Crippen MR) is 96.9 cm³/mol. The lowest BCUT2D eigenvalue weighted by atomic mass is 9.74. The molecule has 1 N–H and O–H groups in total. The second-order valence-corrected chi connectivity index (χ2v) is 7.99. The molecule has 0 aromatic carbocycles. The van der Waals surface area contributed by atoms with E-state index in [2.05, 4.69) is 31.1 Å². The number of rotatable bonds is 2. The fourth-order valence-corrected chi connectivity index (χ4v) is 3.58.